The molecule has 0 saturated carbocycles. The highest BCUT2D eigenvalue weighted by molar-refractivity contribution is 6.04. The number of aryl methyl sites for hydroxylation is 1. The molecular weight excluding hydrogens is 358 g/mol. The van der Waals surface area contributed by atoms with Crippen LogP contribution in [0.4, 0.5) is 5.69 Å². The predicted octanol–water partition coefficient (Wildman–Crippen LogP) is 2.42. The zero-order valence-corrected chi connectivity index (χ0v) is 15.3. The van der Waals surface area contributed by atoms with Crippen LogP contribution in [0.25, 0.3) is 11.5 Å². The fraction of sp³-hybridized carbons (Fsp3) is 0.105. The van der Waals surface area contributed by atoms with Crippen LogP contribution in [0.3, 0.4) is 0 Å². The Kier molecular flexibility index (Phi) is 4.55. The number of aromatic nitrogens is 6. The molecule has 28 heavy (non-hydrogen) atoms. The molecule has 0 aliphatic carbocycles. The Morgan fingerprint density at radius 2 is 1.96 bits per heavy atom. The third-order valence-corrected chi connectivity index (χ3v) is 4.11. The first kappa shape index (κ1) is 17.4. The highest BCUT2D eigenvalue weighted by Gasteiger charge is 2.20. The number of methoxy groups -OCH3 is 1. The number of para-hydroxylation sites is 1. The normalized spacial score (nSPS) is 10.6. The number of pyridine rings is 1. The molecule has 9 heteroatoms. The lowest BCUT2D eigenvalue weighted by Gasteiger charge is -2.12. The Hall–Kier alpha value is -4.01. The van der Waals surface area contributed by atoms with E-state index in [-0.39, 0.29) is 11.8 Å². The molecule has 4 aromatic rings. The minimum atomic E-state index is -0.359. The van der Waals surface area contributed by atoms with Crippen molar-refractivity contribution in [3.8, 4) is 17.4 Å². The number of hydrogen-bond acceptors (Lipinski definition) is 6. The second-order valence-corrected chi connectivity index (χ2v) is 5.92. The van der Waals surface area contributed by atoms with E-state index < -0.39 is 0 Å². The maximum absolute atomic E-state index is 13.0. The molecule has 0 unspecified atom stereocenters. The van der Waals surface area contributed by atoms with Gasteiger partial charge in [0.25, 0.3) is 5.91 Å². The Morgan fingerprint density at radius 1 is 1.14 bits per heavy atom. The summed E-state index contributed by atoms with van der Waals surface area (Å²) < 4.78 is 8.60. The van der Waals surface area contributed by atoms with Gasteiger partial charge in [0.05, 0.1) is 18.5 Å². The first-order chi connectivity index (χ1) is 13.7. The predicted molar refractivity (Wildman–Crippen MR) is 102 cm³/mol. The van der Waals surface area contributed by atoms with Crippen molar-refractivity contribution in [3.05, 3.63) is 72.6 Å². The van der Waals surface area contributed by atoms with Crippen LogP contribution in [0.2, 0.25) is 0 Å². The van der Waals surface area contributed by atoms with Gasteiger partial charge in [-0.2, -0.15) is 4.98 Å². The number of imidazole rings is 1. The summed E-state index contributed by atoms with van der Waals surface area (Å²) in [6, 6.07) is 12.8. The average Bonchev–Trinajstić information content (AvgIpc) is 3.39. The summed E-state index contributed by atoms with van der Waals surface area (Å²) in [4.78, 5) is 21.4. The van der Waals surface area contributed by atoms with Crippen LogP contribution in [0.5, 0.6) is 5.88 Å². The second kappa shape index (κ2) is 7.31. The highest BCUT2D eigenvalue weighted by Crippen LogP contribution is 2.24. The standard InChI is InChI=1S/C19H17N7O2/c1-13-17(26(24-23-13)14-6-4-3-5-7-14)18(27)21-15-8-9-16(22-19(15)28-2)25-11-10-20-12-25/h3-12H,1-2H3,(H,21,27). The lowest BCUT2D eigenvalue weighted by molar-refractivity contribution is 0.101. The minimum Gasteiger partial charge on any atom is -0.479 e. The van der Waals surface area contributed by atoms with Crippen molar-refractivity contribution < 1.29 is 9.53 Å². The van der Waals surface area contributed by atoms with Gasteiger partial charge in [0.1, 0.15) is 17.8 Å². The molecule has 4 rings (SSSR count). The summed E-state index contributed by atoms with van der Waals surface area (Å²) in [6.45, 7) is 1.74. The fourth-order valence-electron chi connectivity index (χ4n) is 2.77. The van der Waals surface area contributed by atoms with Crippen LogP contribution >= 0.6 is 0 Å². The average molecular weight is 375 g/mol. The number of anilines is 1. The molecule has 1 N–H and O–H groups in total. The Balaban J connectivity index is 1.65. The van der Waals surface area contributed by atoms with Gasteiger partial charge >= 0.3 is 0 Å². The molecule has 0 radical (unpaired) electrons. The van der Waals surface area contributed by atoms with Crippen LogP contribution in [-0.2, 0) is 0 Å². The van der Waals surface area contributed by atoms with Gasteiger partial charge in [0, 0.05) is 12.4 Å². The number of benzene rings is 1. The Morgan fingerprint density at radius 3 is 2.68 bits per heavy atom. The van der Waals surface area contributed by atoms with E-state index in [1.54, 1.807) is 42.3 Å². The van der Waals surface area contributed by atoms with Crippen molar-refractivity contribution in [1.82, 2.24) is 29.5 Å². The summed E-state index contributed by atoms with van der Waals surface area (Å²) in [6.07, 6.45) is 5.06. The van der Waals surface area contributed by atoms with Crippen LogP contribution in [0, 0.1) is 6.92 Å². The minimum absolute atomic E-state index is 0.288. The van der Waals surface area contributed by atoms with Gasteiger partial charge in [-0.15, -0.1) is 5.10 Å². The Labute approximate surface area is 160 Å². The van der Waals surface area contributed by atoms with Gasteiger partial charge in [0.15, 0.2) is 5.69 Å². The van der Waals surface area contributed by atoms with E-state index in [4.69, 9.17) is 4.74 Å². The number of nitrogens with zero attached hydrogens (tertiary/aromatic N) is 6. The number of rotatable bonds is 5. The quantitative estimate of drug-likeness (QED) is 0.575. The maximum Gasteiger partial charge on any atom is 0.276 e. The SMILES string of the molecule is COc1nc(-n2ccnc2)ccc1NC(=O)c1c(C)nnn1-c1ccccc1. The zero-order chi connectivity index (χ0) is 19.5. The zero-order valence-electron chi connectivity index (χ0n) is 15.3. The molecule has 3 aromatic heterocycles. The second-order valence-electron chi connectivity index (χ2n) is 5.92. The Bertz CT molecular complexity index is 1100. The monoisotopic (exact) mass is 375 g/mol. The highest BCUT2D eigenvalue weighted by atomic mass is 16.5. The summed E-state index contributed by atoms with van der Waals surface area (Å²) in [5.74, 6) is 0.553. The van der Waals surface area contributed by atoms with Gasteiger partial charge in [-0.1, -0.05) is 23.4 Å². The van der Waals surface area contributed by atoms with Gasteiger partial charge < -0.3 is 10.1 Å². The van der Waals surface area contributed by atoms with E-state index in [2.05, 4.69) is 25.6 Å². The topological polar surface area (TPSA) is 99.8 Å². The van der Waals surface area contributed by atoms with Crippen molar-refractivity contribution in [1.29, 1.82) is 0 Å². The van der Waals surface area contributed by atoms with E-state index in [0.29, 0.717) is 22.9 Å². The summed E-state index contributed by atoms with van der Waals surface area (Å²) >= 11 is 0. The number of ether oxygens (including phenoxy) is 1. The molecule has 0 aliphatic heterocycles. The van der Waals surface area contributed by atoms with Crippen LogP contribution < -0.4 is 10.1 Å². The van der Waals surface area contributed by atoms with E-state index >= 15 is 0 Å². The van der Waals surface area contributed by atoms with Crippen molar-refractivity contribution >= 4 is 11.6 Å². The number of nitrogens with one attached hydrogen (secondary N) is 1. The first-order valence-corrected chi connectivity index (χ1v) is 8.50. The molecule has 1 amide bonds. The molecular formula is C19H17N7O2. The van der Waals surface area contributed by atoms with E-state index in [9.17, 15) is 4.79 Å². The van der Waals surface area contributed by atoms with Crippen LogP contribution in [0.1, 0.15) is 16.2 Å². The van der Waals surface area contributed by atoms with E-state index in [1.165, 1.54) is 11.8 Å². The maximum atomic E-state index is 13.0. The molecule has 0 atom stereocenters. The van der Waals surface area contributed by atoms with E-state index in [1.807, 2.05) is 30.3 Å². The summed E-state index contributed by atoms with van der Waals surface area (Å²) in [5, 5.41) is 11.0. The summed E-state index contributed by atoms with van der Waals surface area (Å²) in [5.41, 5.74) is 2.04. The van der Waals surface area contributed by atoms with Gasteiger partial charge in [-0.3, -0.25) is 9.36 Å². The van der Waals surface area contributed by atoms with Gasteiger partial charge in [-0.05, 0) is 31.2 Å². The molecule has 1 aromatic carbocycles. The van der Waals surface area contributed by atoms with Crippen LogP contribution in [0.15, 0.2) is 61.2 Å². The molecule has 0 fully saturated rings. The van der Waals surface area contributed by atoms with Crippen molar-refractivity contribution in [2.24, 2.45) is 0 Å². The molecule has 3 heterocycles. The molecule has 0 aliphatic rings. The number of carbonyl (C=O) groups is 1. The summed E-state index contributed by atoms with van der Waals surface area (Å²) in [7, 11) is 1.50. The lowest BCUT2D eigenvalue weighted by atomic mass is 10.2. The molecule has 9 nitrogen and oxygen atoms in total. The largest absolute Gasteiger partial charge is 0.479 e. The smallest absolute Gasteiger partial charge is 0.276 e. The molecule has 0 bridgehead atoms. The number of hydrogen-bond donors (Lipinski definition) is 1. The van der Waals surface area contributed by atoms with E-state index in [0.717, 1.165) is 5.69 Å². The number of carbonyl (C=O) groups excluding carboxylic acids is 1. The van der Waals surface area contributed by atoms with Crippen molar-refractivity contribution in [3.63, 3.8) is 0 Å². The first-order valence-electron chi connectivity index (χ1n) is 8.50. The van der Waals surface area contributed by atoms with Crippen LogP contribution in [-0.4, -0.2) is 42.5 Å². The lowest BCUT2D eigenvalue weighted by Crippen LogP contribution is -2.19. The number of amides is 1. The molecule has 140 valence electrons. The van der Waals surface area contributed by atoms with Gasteiger partial charge in [0.2, 0.25) is 5.88 Å². The fourth-order valence-corrected chi connectivity index (χ4v) is 2.77. The third kappa shape index (κ3) is 3.20. The molecule has 0 spiro atoms. The third-order valence-electron chi connectivity index (χ3n) is 4.11. The molecule has 0 saturated heterocycles. The van der Waals surface area contributed by atoms with Crippen molar-refractivity contribution in [2.75, 3.05) is 12.4 Å². The van der Waals surface area contributed by atoms with Gasteiger partial charge in [-0.25, -0.2) is 9.67 Å². The van der Waals surface area contributed by atoms with Crippen molar-refractivity contribution in [2.45, 2.75) is 6.92 Å².